The number of methoxy groups -OCH3 is 2. The lowest BCUT2D eigenvalue weighted by Crippen LogP contribution is -2.07. The molecule has 0 amide bonds. The van der Waals surface area contributed by atoms with Crippen molar-refractivity contribution in [3.8, 4) is 11.4 Å². The lowest BCUT2D eigenvalue weighted by atomic mass is 10.1. The van der Waals surface area contributed by atoms with Gasteiger partial charge in [0.25, 0.3) is 0 Å². The van der Waals surface area contributed by atoms with Gasteiger partial charge in [0.2, 0.25) is 6.29 Å². The fourth-order valence-corrected chi connectivity index (χ4v) is 1.68. The molecule has 0 bridgehead atoms. The first kappa shape index (κ1) is 12.7. The third-order valence-corrected chi connectivity index (χ3v) is 2.66. The predicted molar refractivity (Wildman–Crippen MR) is 69.0 cm³/mol. The van der Waals surface area contributed by atoms with Crippen molar-refractivity contribution in [2.75, 3.05) is 14.2 Å². The molecule has 0 atom stereocenters. The summed E-state index contributed by atoms with van der Waals surface area (Å²) in [5.41, 5.74) is 2.90. The molecular formula is C14H16N2O2. The van der Waals surface area contributed by atoms with Crippen LogP contribution in [0.5, 0.6) is 0 Å². The van der Waals surface area contributed by atoms with Crippen LogP contribution in [0.4, 0.5) is 0 Å². The number of benzene rings is 1. The van der Waals surface area contributed by atoms with Crippen molar-refractivity contribution in [2.24, 2.45) is 0 Å². The summed E-state index contributed by atoms with van der Waals surface area (Å²) in [6.45, 7) is 2.05. The van der Waals surface area contributed by atoms with E-state index < -0.39 is 6.29 Å². The number of ether oxygens (including phenoxy) is 2. The number of aromatic nitrogens is 2. The van der Waals surface area contributed by atoms with Crippen LogP contribution in [-0.4, -0.2) is 24.2 Å². The molecule has 18 heavy (non-hydrogen) atoms. The van der Waals surface area contributed by atoms with Gasteiger partial charge < -0.3 is 9.47 Å². The summed E-state index contributed by atoms with van der Waals surface area (Å²) in [6, 6.07) is 9.87. The van der Waals surface area contributed by atoms with Crippen molar-refractivity contribution in [3.05, 3.63) is 47.8 Å². The summed E-state index contributed by atoms with van der Waals surface area (Å²) < 4.78 is 10.4. The van der Waals surface area contributed by atoms with Gasteiger partial charge in [0, 0.05) is 26.0 Å². The molecule has 0 aliphatic carbocycles. The Hall–Kier alpha value is -1.78. The Labute approximate surface area is 107 Å². The third-order valence-electron chi connectivity index (χ3n) is 2.66. The molecule has 0 saturated carbocycles. The second kappa shape index (κ2) is 5.71. The molecule has 1 heterocycles. The Bertz CT molecular complexity index is 507. The molecule has 1 aromatic carbocycles. The van der Waals surface area contributed by atoms with Crippen molar-refractivity contribution in [3.63, 3.8) is 0 Å². The van der Waals surface area contributed by atoms with E-state index in [0.717, 1.165) is 5.56 Å². The largest absolute Gasteiger partial charge is 0.350 e. The average molecular weight is 244 g/mol. The van der Waals surface area contributed by atoms with Gasteiger partial charge in [-0.25, -0.2) is 9.97 Å². The molecule has 94 valence electrons. The van der Waals surface area contributed by atoms with Gasteiger partial charge >= 0.3 is 0 Å². The maximum Gasteiger partial charge on any atom is 0.200 e. The van der Waals surface area contributed by atoms with Crippen molar-refractivity contribution in [2.45, 2.75) is 13.2 Å². The van der Waals surface area contributed by atoms with E-state index in [1.807, 2.05) is 31.2 Å². The summed E-state index contributed by atoms with van der Waals surface area (Å²) in [6.07, 6.45) is 1.25. The van der Waals surface area contributed by atoms with Crippen molar-refractivity contribution < 1.29 is 9.47 Å². The van der Waals surface area contributed by atoms with Crippen molar-refractivity contribution in [1.29, 1.82) is 0 Å². The molecule has 1 aromatic heterocycles. The van der Waals surface area contributed by atoms with Gasteiger partial charge in [-0.3, -0.25) is 0 Å². The van der Waals surface area contributed by atoms with Crippen LogP contribution in [0.25, 0.3) is 11.4 Å². The fraction of sp³-hybridized carbons (Fsp3) is 0.286. The molecule has 4 heteroatoms. The van der Waals surface area contributed by atoms with Crippen LogP contribution in [0.2, 0.25) is 0 Å². The highest BCUT2D eigenvalue weighted by molar-refractivity contribution is 5.55. The molecule has 2 aromatic rings. The average Bonchev–Trinajstić information content (AvgIpc) is 2.41. The van der Waals surface area contributed by atoms with Crippen LogP contribution in [0.15, 0.2) is 36.5 Å². The fourth-order valence-electron chi connectivity index (χ4n) is 1.68. The van der Waals surface area contributed by atoms with Gasteiger partial charge in [-0.05, 0) is 13.0 Å². The Morgan fingerprint density at radius 2 is 1.67 bits per heavy atom. The Balaban J connectivity index is 2.34. The van der Waals surface area contributed by atoms with Gasteiger partial charge in [-0.1, -0.05) is 29.8 Å². The smallest absolute Gasteiger partial charge is 0.200 e. The van der Waals surface area contributed by atoms with Gasteiger partial charge in [0.15, 0.2) is 5.82 Å². The second-order valence-electron chi connectivity index (χ2n) is 3.97. The first-order chi connectivity index (χ1) is 8.74. The monoisotopic (exact) mass is 244 g/mol. The minimum absolute atomic E-state index is 0.461. The summed E-state index contributed by atoms with van der Waals surface area (Å²) in [7, 11) is 3.17. The molecule has 0 radical (unpaired) electrons. The number of nitrogens with zero attached hydrogens (tertiary/aromatic N) is 2. The van der Waals surface area contributed by atoms with E-state index in [4.69, 9.17) is 9.47 Å². The minimum atomic E-state index is -0.461. The van der Waals surface area contributed by atoms with Gasteiger partial charge in [0.1, 0.15) is 5.69 Å². The number of hydrogen-bond acceptors (Lipinski definition) is 4. The standard InChI is InChI=1S/C14H16N2O2/c1-10-4-6-11(7-5-10)13-15-9-8-12(16-13)14(17-2)18-3/h4-9,14H,1-3H3. The van der Waals surface area contributed by atoms with Crippen LogP contribution >= 0.6 is 0 Å². The van der Waals surface area contributed by atoms with Gasteiger partial charge in [-0.15, -0.1) is 0 Å². The maximum absolute atomic E-state index is 5.18. The second-order valence-corrected chi connectivity index (χ2v) is 3.97. The summed E-state index contributed by atoms with van der Waals surface area (Å²) >= 11 is 0. The lowest BCUT2D eigenvalue weighted by Gasteiger charge is -2.13. The van der Waals surface area contributed by atoms with Gasteiger partial charge in [-0.2, -0.15) is 0 Å². The van der Waals surface area contributed by atoms with E-state index in [0.29, 0.717) is 11.5 Å². The summed E-state index contributed by atoms with van der Waals surface area (Å²) in [4.78, 5) is 8.72. The van der Waals surface area contributed by atoms with E-state index in [9.17, 15) is 0 Å². The Morgan fingerprint density at radius 3 is 2.28 bits per heavy atom. The number of aryl methyl sites for hydroxylation is 1. The molecule has 0 saturated heterocycles. The highest BCUT2D eigenvalue weighted by Gasteiger charge is 2.12. The molecule has 0 aliphatic rings. The molecule has 0 aliphatic heterocycles. The van der Waals surface area contributed by atoms with Crippen LogP contribution in [0.3, 0.4) is 0 Å². The normalized spacial score (nSPS) is 10.9. The SMILES string of the molecule is COC(OC)c1ccnc(-c2ccc(C)cc2)n1. The molecular weight excluding hydrogens is 228 g/mol. The van der Waals surface area contributed by atoms with Crippen LogP contribution < -0.4 is 0 Å². The molecule has 0 N–H and O–H groups in total. The van der Waals surface area contributed by atoms with E-state index in [1.165, 1.54) is 5.56 Å². The van der Waals surface area contributed by atoms with E-state index in [2.05, 4.69) is 9.97 Å². The summed E-state index contributed by atoms with van der Waals surface area (Å²) in [5.74, 6) is 0.673. The van der Waals surface area contributed by atoms with Crippen LogP contribution in [0, 0.1) is 6.92 Å². The first-order valence-electron chi connectivity index (χ1n) is 5.70. The van der Waals surface area contributed by atoms with E-state index in [1.54, 1.807) is 26.5 Å². The van der Waals surface area contributed by atoms with Crippen LogP contribution in [0.1, 0.15) is 17.5 Å². The van der Waals surface area contributed by atoms with Crippen LogP contribution in [-0.2, 0) is 9.47 Å². The number of rotatable bonds is 4. The first-order valence-corrected chi connectivity index (χ1v) is 5.70. The zero-order chi connectivity index (χ0) is 13.0. The van der Waals surface area contributed by atoms with Crippen molar-refractivity contribution >= 4 is 0 Å². The zero-order valence-electron chi connectivity index (χ0n) is 10.8. The van der Waals surface area contributed by atoms with E-state index >= 15 is 0 Å². The van der Waals surface area contributed by atoms with E-state index in [-0.39, 0.29) is 0 Å². The van der Waals surface area contributed by atoms with Crippen molar-refractivity contribution in [1.82, 2.24) is 9.97 Å². The predicted octanol–water partition coefficient (Wildman–Crippen LogP) is 2.74. The lowest BCUT2D eigenvalue weighted by molar-refractivity contribution is -0.108. The molecule has 4 nitrogen and oxygen atoms in total. The quantitative estimate of drug-likeness (QED) is 0.776. The van der Waals surface area contributed by atoms with Gasteiger partial charge in [0.05, 0.1) is 0 Å². The third kappa shape index (κ3) is 2.72. The molecule has 0 fully saturated rings. The zero-order valence-corrected chi connectivity index (χ0v) is 10.8. The summed E-state index contributed by atoms with van der Waals surface area (Å²) in [5, 5.41) is 0. The minimum Gasteiger partial charge on any atom is -0.350 e. The molecule has 0 spiro atoms. The number of hydrogen-bond donors (Lipinski definition) is 0. The molecule has 0 unspecified atom stereocenters. The molecule has 2 rings (SSSR count). The Kier molecular flexibility index (Phi) is 4.02. The maximum atomic E-state index is 5.18. The highest BCUT2D eigenvalue weighted by atomic mass is 16.7. The Morgan fingerprint density at radius 1 is 1.00 bits per heavy atom. The highest BCUT2D eigenvalue weighted by Crippen LogP contribution is 2.19. The topological polar surface area (TPSA) is 44.2 Å².